The first-order valence-electron chi connectivity index (χ1n) is 21.3. The molecule has 1 unspecified atom stereocenters. The second kappa shape index (κ2) is 21.7. The SMILES string of the molecule is CO[C@H]1C[C@@H](C)[C@@]2(O)O[C@@H]1[C@@H](O)C[C@@H](C)C/C(C)=C/[C@@H](C/C=C/C(=O)O)C(O)C[C@H](O)[C@@H](C)[C@@H](/C(C)=C/[C@@H]1CC[C@@H](O)[C@H](OC)C1)OC(=O)[C@@H]1CCCCN1C(=O)C2=O. The van der Waals surface area contributed by atoms with Gasteiger partial charge in [-0.15, -0.1) is 0 Å². The highest BCUT2D eigenvalue weighted by atomic mass is 16.7. The zero-order valence-corrected chi connectivity index (χ0v) is 35.8. The molecule has 6 N–H and O–H groups in total. The number of carboxylic acid groups (broad SMARTS) is 1. The number of aliphatic hydroxyl groups is 5. The number of rotatable bonds is 7. The maximum Gasteiger partial charge on any atom is 0.329 e. The number of nitrogens with zero attached hydrogens (tertiary/aromatic N) is 1. The molecule has 0 aromatic carbocycles. The molecule has 0 aromatic heterocycles. The smallest absolute Gasteiger partial charge is 0.329 e. The Hall–Kier alpha value is -3.02. The van der Waals surface area contributed by atoms with E-state index in [1.807, 2.05) is 26.0 Å². The van der Waals surface area contributed by atoms with Crippen molar-refractivity contribution in [1.29, 1.82) is 0 Å². The summed E-state index contributed by atoms with van der Waals surface area (Å²) < 4.78 is 23.4. The number of carbonyl (C=O) groups excluding carboxylic acids is 3. The Balaban J connectivity index is 1.78. The van der Waals surface area contributed by atoms with E-state index in [0.717, 1.165) is 16.5 Å². The van der Waals surface area contributed by atoms with Crippen molar-refractivity contribution in [2.75, 3.05) is 20.8 Å². The lowest BCUT2D eigenvalue weighted by Gasteiger charge is -2.46. The largest absolute Gasteiger partial charge is 0.478 e. The second-order valence-corrected chi connectivity index (χ2v) is 17.7. The third-order valence-corrected chi connectivity index (χ3v) is 13.0. The van der Waals surface area contributed by atoms with E-state index in [4.69, 9.17) is 18.9 Å². The van der Waals surface area contributed by atoms with E-state index in [1.165, 1.54) is 20.3 Å². The molecule has 3 heterocycles. The summed E-state index contributed by atoms with van der Waals surface area (Å²) in [6.07, 6.45) is 2.28. The van der Waals surface area contributed by atoms with E-state index in [-0.39, 0.29) is 50.5 Å². The van der Waals surface area contributed by atoms with Crippen LogP contribution < -0.4 is 0 Å². The van der Waals surface area contributed by atoms with Crippen LogP contribution in [0.2, 0.25) is 0 Å². The van der Waals surface area contributed by atoms with Crippen molar-refractivity contribution in [3.63, 3.8) is 0 Å². The Morgan fingerprint density at radius 2 is 1.61 bits per heavy atom. The summed E-state index contributed by atoms with van der Waals surface area (Å²) in [6, 6.07) is -1.20. The van der Waals surface area contributed by atoms with Crippen LogP contribution in [0.1, 0.15) is 105 Å². The summed E-state index contributed by atoms with van der Waals surface area (Å²) in [5.41, 5.74) is 1.44. The maximum atomic E-state index is 14.3. The van der Waals surface area contributed by atoms with Crippen LogP contribution in [0.5, 0.6) is 0 Å². The first-order valence-corrected chi connectivity index (χ1v) is 21.3. The lowest BCUT2D eigenvalue weighted by Crippen LogP contribution is -2.64. The molecule has 15 nitrogen and oxygen atoms in total. The minimum absolute atomic E-state index is 0.0375. The Morgan fingerprint density at radius 3 is 2.27 bits per heavy atom. The summed E-state index contributed by atoms with van der Waals surface area (Å²) in [5.74, 6) is -9.48. The van der Waals surface area contributed by atoms with E-state index < -0.39 is 102 Å². The Kier molecular flexibility index (Phi) is 17.9. The van der Waals surface area contributed by atoms with Crippen molar-refractivity contribution >= 4 is 23.6 Å². The number of aliphatic hydroxyl groups excluding tert-OH is 4. The normalized spacial score (nSPS) is 41.4. The van der Waals surface area contributed by atoms with Gasteiger partial charge in [-0.2, -0.15) is 0 Å². The van der Waals surface area contributed by atoms with E-state index in [2.05, 4.69) is 0 Å². The first kappa shape index (κ1) is 48.6. The van der Waals surface area contributed by atoms with E-state index in [0.29, 0.717) is 44.1 Å². The van der Waals surface area contributed by atoms with Crippen LogP contribution in [0.25, 0.3) is 0 Å². The van der Waals surface area contributed by atoms with Gasteiger partial charge in [0.25, 0.3) is 11.7 Å². The fourth-order valence-electron chi connectivity index (χ4n) is 9.53. The number of esters is 1. The standard InChI is InChI=1S/C44H69NO14/c1-24-17-25(2)19-35(49)40-37(57-7)21-27(4)44(55,59-40)41(52)42(53)45-16-9-8-12-31(45)43(54)58-39(26(3)20-29-14-15-32(46)36(22-29)56-6)28(5)33(47)23-34(48)30(18-24)11-10-13-38(50)51/h10,13,18,20,25,27-37,39-40,46-49,55H,8-9,11-12,14-17,19,21-23H2,1-7H3,(H,50,51)/b13-10+,24-18+,26-20+/t25-,27+,28+,29-,30+,31-,32+,33-,34?,35-,36+,37-,39+,40+,44+/m0/s1. The molecule has 59 heavy (non-hydrogen) atoms. The summed E-state index contributed by atoms with van der Waals surface area (Å²) in [6.45, 7) is 8.84. The van der Waals surface area contributed by atoms with Gasteiger partial charge in [0.05, 0.1) is 36.6 Å². The second-order valence-electron chi connectivity index (χ2n) is 17.7. The monoisotopic (exact) mass is 835 g/mol. The average molecular weight is 836 g/mol. The van der Waals surface area contributed by atoms with Gasteiger partial charge in [0.2, 0.25) is 5.79 Å². The highest BCUT2D eigenvalue weighted by Gasteiger charge is 2.56. The summed E-state index contributed by atoms with van der Waals surface area (Å²) >= 11 is 0. The van der Waals surface area contributed by atoms with Gasteiger partial charge in [-0.25, -0.2) is 9.59 Å². The van der Waals surface area contributed by atoms with Gasteiger partial charge in [0, 0.05) is 51.0 Å². The molecule has 0 aromatic rings. The molecule has 15 heteroatoms. The zero-order chi connectivity index (χ0) is 43.8. The highest BCUT2D eigenvalue weighted by molar-refractivity contribution is 6.39. The molecule has 3 aliphatic heterocycles. The van der Waals surface area contributed by atoms with Crippen LogP contribution in [-0.2, 0) is 38.1 Å². The predicted octanol–water partition coefficient (Wildman–Crippen LogP) is 3.23. The molecule has 4 aliphatic rings. The molecule has 2 saturated heterocycles. The molecule has 1 aliphatic carbocycles. The topological polar surface area (TPSA) is 230 Å². The van der Waals surface area contributed by atoms with E-state index >= 15 is 0 Å². The molecule has 1 amide bonds. The number of amides is 1. The number of cyclic esters (lactones) is 1. The number of ketones is 1. The molecule has 2 bridgehead atoms. The van der Waals surface area contributed by atoms with Crippen molar-refractivity contribution in [2.24, 2.45) is 29.6 Å². The molecule has 1 saturated carbocycles. The molecular formula is C44H69NO14. The Labute approximate surface area is 348 Å². The van der Waals surface area contributed by atoms with Crippen LogP contribution in [-0.4, -0.2) is 141 Å². The number of piperidine rings is 1. The molecule has 0 radical (unpaired) electrons. The molecule has 3 fully saturated rings. The van der Waals surface area contributed by atoms with Gasteiger partial charge < -0.3 is 54.5 Å². The molecule has 15 atom stereocenters. The van der Waals surface area contributed by atoms with Crippen LogP contribution in [0.4, 0.5) is 0 Å². The van der Waals surface area contributed by atoms with Gasteiger partial charge in [-0.3, -0.25) is 9.59 Å². The molecule has 334 valence electrons. The summed E-state index contributed by atoms with van der Waals surface area (Å²) in [7, 11) is 2.98. The van der Waals surface area contributed by atoms with E-state index in [9.17, 15) is 49.8 Å². The van der Waals surface area contributed by atoms with Crippen LogP contribution >= 0.6 is 0 Å². The third kappa shape index (κ3) is 12.3. The number of methoxy groups -OCH3 is 2. The lowest BCUT2D eigenvalue weighted by molar-refractivity contribution is -0.301. The van der Waals surface area contributed by atoms with Crippen LogP contribution in [0.15, 0.2) is 35.5 Å². The number of allylic oxidation sites excluding steroid dienone is 3. The quantitative estimate of drug-likeness (QED) is 0.0937. The first-order chi connectivity index (χ1) is 27.8. The van der Waals surface area contributed by atoms with Crippen molar-refractivity contribution in [1.82, 2.24) is 4.90 Å². The highest BCUT2D eigenvalue weighted by Crippen LogP contribution is 2.39. The fraction of sp³-hybridized carbons (Fsp3) is 0.773. The molecule has 4 rings (SSSR count). The third-order valence-electron chi connectivity index (χ3n) is 13.0. The van der Waals surface area contributed by atoms with Crippen molar-refractivity contribution in [3.05, 3.63) is 35.5 Å². The number of hydrogen-bond acceptors (Lipinski definition) is 13. The van der Waals surface area contributed by atoms with Gasteiger partial charge in [-0.1, -0.05) is 44.6 Å². The maximum absolute atomic E-state index is 14.3. The van der Waals surface area contributed by atoms with Crippen molar-refractivity contribution < 1.29 is 68.8 Å². The number of fused-ring (bicyclic) bond motifs is 3. The minimum atomic E-state index is -2.62. The lowest BCUT2D eigenvalue weighted by atomic mass is 9.81. The van der Waals surface area contributed by atoms with Gasteiger partial charge in [-0.05, 0) is 95.5 Å². The number of hydrogen-bond donors (Lipinski definition) is 6. The number of ether oxygens (including phenoxy) is 4. The Morgan fingerprint density at radius 1 is 0.915 bits per heavy atom. The van der Waals surface area contributed by atoms with Crippen molar-refractivity contribution in [3.8, 4) is 0 Å². The predicted molar refractivity (Wildman–Crippen MR) is 215 cm³/mol. The number of aliphatic carboxylic acids is 1. The minimum Gasteiger partial charge on any atom is -0.478 e. The van der Waals surface area contributed by atoms with Crippen LogP contribution in [0.3, 0.4) is 0 Å². The van der Waals surface area contributed by atoms with Gasteiger partial charge in [0.15, 0.2) is 0 Å². The van der Waals surface area contributed by atoms with Crippen LogP contribution in [0, 0.1) is 29.6 Å². The molecule has 0 spiro atoms. The fourth-order valence-corrected chi connectivity index (χ4v) is 9.53. The van der Waals surface area contributed by atoms with Crippen molar-refractivity contribution in [2.45, 2.75) is 166 Å². The zero-order valence-electron chi connectivity index (χ0n) is 35.8. The van der Waals surface area contributed by atoms with Gasteiger partial charge >= 0.3 is 11.9 Å². The number of carbonyl (C=O) groups is 4. The Bertz CT molecular complexity index is 1550. The van der Waals surface area contributed by atoms with E-state index in [1.54, 1.807) is 20.8 Å². The average Bonchev–Trinajstić information content (AvgIpc) is 3.19. The molecular weight excluding hydrogens is 766 g/mol. The number of Topliss-reactive ketones (excluding diaryl/α,β-unsaturated/α-hetero) is 1. The van der Waals surface area contributed by atoms with Gasteiger partial charge in [0.1, 0.15) is 18.2 Å². The number of carboxylic acids is 1. The summed E-state index contributed by atoms with van der Waals surface area (Å²) in [5, 5.41) is 66.6. The summed E-state index contributed by atoms with van der Waals surface area (Å²) in [4.78, 5) is 55.1.